The van der Waals surface area contributed by atoms with Crippen LogP contribution >= 0.6 is 11.6 Å². The molecule has 5 nitrogen and oxygen atoms in total. The van der Waals surface area contributed by atoms with E-state index in [2.05, 4.69) is 0 Å². The van der Waals surface area contributed by atoms with E-state index in [9.17, 15) is 9.90 Å². The van der Waals surface area contributed by atoms with Gasteiger partial charge >= 0.3 is 0 Å². The number of benzene rings is 2. The van der Waals surface area contributed by atoms with Crippen molar-refractivity contribution < 1.29 is 24.1 Å². The van der Waals surface area contributed by atoms with Crippen molar-refractivity contribution in [3.8, 4) is 23.0 Å². The minimum absolute atomic E-state index is 0.119. The molecule has 2 aromatic carbocycles. The first-order valence-electron chi connectivity index (χ1n) is 7.59. The molecular weight excluding hydrogens is 344 g/mol. The van der Waals surface area contributed by atoms with E-state index < -0.39 is 0 Å². The van der Waals surface area contributed by atoms with Crippen LogP contribution in [-0.2, 0) is 0 Å². The lowest BCUT2D eigenvalue weighted by atomic mass is 10.1. The van der Waals surface area contributed by atoms with E-state index in [-0.39, 0.29) is 22.3 Å². The zero-order valence-corrected chi connectivity index (χ0v) is 15.0. The molecule has 0 radical (unpaired) electrons. The molecule has 0 fully saturated rings. The second-order valence-electron chi connectivity index (χ2n) is 5.05. The highest BCUT2D eigenvalue weighted by Gasteiger charge is 2.10. The van der Waals surface area contributed by atoms with Crippen LogP contribution in [0.5, 0.6) is 23.0 Å². The van der Waals surface area contributed by atoms with Crippen LogP contribution in [0.15, 0.2) is 36.4 Å². The Morgan fingerprint density at radius 3 is 2.48 bits per heavy atom. The summed E-state index contributed by atoms with van der Waals surface area (Å²) >= 11 is 5.98. The lowest BCUT2D eigenvalue weighted by Gasteiger charge is -2.09. The molecule has 6 heteroatoms. The molecule has 0 aliphatic heterocycles. The zero-order chi connectivity index (χ0) is 18.4. The average Bonchev–Trinajstić information content (AvgIpc) is 2.63. The van der Waals surface area contributed by atoms with Gasteiger partial charge in [-0.25, -0.2) is 0 Å². The van der Waals surface area contributed by atoms with Crippen molar-refractivity contribution in [1.82, 2.24) is 0 Å². The molecule has 0 saturated carbocycles. The van der Waals surface area contributed by atoms with Crippen molar-refractivity contribution in [2.75, 3.05) is 20.8 Å². The second kappa shape index (κ2) is 8.44. The minimum atomic E-state index is -0.205. The highest BCUT2D eigenvalue weighted by Crippen LogP contribution is 2.35. The SMILES string of the molecule is CCOc1cc(/C=C/C(=O)c2ccc(OC)c(OC)c2)cc(Cl)c1O. The fraction of sp³-hybridized carbons (Fsp3) is 0.211. The molecular formula is C19H19ClO5. The molecule has 0 spiro atoms. The van der Waals surface area contributed by atoms with Crippen LogP contribution in [-0.4, -0.2) is 31.7 Å². The maximum absolute atomic E-state index is 12.4. The molecule has 0 heterocycles. The van der Waals surface area contributed by atoms with Crippen LogP contribution in [0.1, 0.15) is 22.8 Å². The average molecular weight is 363 g/mol. The Hall–Kier alpha value is -2.66. The summed E-state index contributed by atoms with van der Waals surface area (Å²) in [6.07, 6.45) is 3.02. The Morgan fingerprint density at radius 2 is 1.84 bits per heavy atom. The highest BCUT2D eigenvalue weighted by atomic mass is 35.5. The third-order valence-electron chi connectivity index (χ3n) is 3.45. The molecule has 0 amide bonds. The fourth-order valence-corrected chi connectivity index (χ4v) is 2.43. The van der Waals surface area contributed by atoms with Crippen molar-refractivity contribution in [3.63, 3.8) is 0 Å². The van der Waals surface area contributed by atoms with Gasteiger partial charge in [-0.1, -0.05) is 17.7 Å². The molecule has 0 saturated heterocycles. The predicted molar refractivity (Wildman–Crippen MR) is 97.2 cm³/mol. The molecule has 0 unspecified atom stereocenters. The van der Waals surface area contributed by atoms with Crippen molar-refractivity contribution in [2.45, 2.75) is 6.92 Å². The number of allylic oxidation sites excluding steroid dienone is 1. The van der Waals surface area contributed by atoms with Gasteiger partial charge < -0.3 is 19.3 Å². The maximum atomic E-state index is 12.4. The van der Waals surface area contributed by atoms with Crippen molar-refractivity contribution in [2.24, 2.45) is 0 Å². The Balaban J connectivity index is 2.26. The molecule has 0 aliphatic carbocycles. The van der Waals surface area contributed by atoms with Crippen LogP contribution in [0.25, 0.3) is 6.08 Å². The summed E-state index contributed by atoms with van der Waals surface area (Å²) in [7, 11) is 3.04. The largest absolute Gasteiger partial charge is 0.503 e. The van der Waals surface area contributed by atoms with E-state index in [1.54, 1.807) is 43.3 Å². The standard InChI is InChI=1S/C19H19ClO5/c1-4-25-18-10-12(9-14(20)19(18)22)5-7-15(21)13-6-8-16(23-2)17(11-13)24-3/h5-11,22H,4H2,1-3H3/b7-5+. The number of phenols is 1. The van der Waals surface area contributed by atoms with Crippen LogP contribution in [0.2, 0.25) is 5.02 Å². The Bertz CT molecular complexity index is 799. The van der Waals surface area contributed by atoms with Gasteiger partial charge in [-0.3, -0.25) is 4.79 Å². The van der Waals surface area contributed by atoms with Crippen LogP contribution in [0.3, 0.4) is 0 Å². The quantitative estimate of drug-likeness (QED) is 0.585. The molecule has 0 atom stereocenters. The predicted octanol–water partition coefficient (Wildman–Crippen LogP) is 4.36. The maximum Gasteiger partial charge on any atom is 0.185 e. The van der Waals surface area contributed by atoms with Gasteiger partial charge in [0.25, 0.3) is 0 Å². The third-order valence-corrected chi connectivity index (χ3v) is 3.73. The summed E-state index contributed by atoms with van der Waals surface area (Å²) in [4.78, 5) is 12.4. The molecule has 1 N–H and O–H groups in total. The molecule has 0 aromatic heterocycles. The number of carbonyl (C=O) groups excluding carboxylic acids is 1. The molecule has 2 rings (SSSR count). The Kier molecular flexibility index (Phi) is 6.31. The minimum Gasteiger partial charge on any atom is -0.503 e. The van der Waals surface area contributed by atoms with Gasteiger partial charge in [0.05, 0.1) is 25.8 Å². The van der Waals surface area contributed by atoms with Crippen LogP contribution < -0.4 is 14.2 Å². The van der Waals surface area contributed by atoms with E-state index in [1.165, 1.54) is 20.3 Å². The van der Waals surface area contributed by atoms with Crippen LogP contribution in [0, 0.1) is 0 Å². The number of methoxy groups -OCH3 is 2. The number of ketones is 1. The lowest BCUT2D eigenvalue weighted by Crippen LogP contribution is -1.97. The first-order valence-corrected chi connectivity index (χ1v) is 7.97. The van der Waals surface area contributed by atoms with Crippen LogP contribution in [0.4, 0.5) is 0 Å². The third kappa shape index (κ3) is 4.45. The van der Waals surface area contributed by atoms with Gasteiger partial charge in [0.1, 0.15) is 0 Å². The van der Waals surface area contributed by atoms with Gasteiger partial charge in [0.2, 0.25) is 0 Å². The molecule has 132 valence electrons. The van der Waals surface area contributed by atoms with Gasteiger partial charge in [0.15, 0.2) is 28.8 Å². The molecule has 0 aliphatic rings. The second-order valence-corrected chi connectivity index (χ2v) is 5.46. The summed E-state index contributed by atoms with van der Waals surface area (Å²) < 4.78 is 15.7. The zero-order valence-electron chi connectivity index (χ0n) is 14.2. The number of ether oxygens (including phenoxy) is 3. The summed E-state index contributed by atoms with van der Waals surface area (Å²) in [5.41, 5.74) is 1.10. The number of halogens is 1. The number of hydrogen-bond donors (Lipinski definition) is 1. The number of rotatable bonds is 7. The highest BCUT2D eigenvalue weighted by molar-refractivity contribution is 6.32. The normalized spacial score (nSPS) is 10.7. The lowest BCUT2D eigenvalue weighted by molar-refractivity contribution is 0.104. The van der Waals surface area contributed by atoms with Gasteiger partial charge in [0, 0.05) is 5.56 Å². The first kappa shape index (κ1) is 18.7. The number of phenolic OH excluding ortho intramolecular Hbond substituents is 1. The van der Waals surface area contributed by atoms with E-state index in [0.717, 1.165) is 0 Å². The van der Waals surface area contributed by atoms with Crippen molar-refractivity contribution >= 4 is 23.5 Å². The Labute approximate surface area is 151 Å². The van der Waals surface area contributed by atoms with E-state index in [0.29, 0.717) is 29.2 Å². The number of hydrogen-bond acceptors (Lipinski definition) is 5. The Morgan fingerprint density at radius 1 is 1.12 bits per heavy atom. The number of aromatic hydroxyl groups is 1. The fourth-order valence-electron chi connectivity index (χ4n) is 2.21. The molecule has 25 heavy (non-hydrogen) atoms. The number of carbonyl (C=O) groups is 1. The smallest absolute Gasteiger partial charge is 0.185 e. The van der Waals surface area contributed by atoms with E-state index >= 15 is 0 Å². The van der Waals surface area contributed by atoms with Gasteiger partial charge in [-0.05, 0) is 48.9 Å². The summed E-state index contributed by atoms with van der Waals surface area (Å²) in [5.74, 6) is 0.978. The van der Waals surface area contributed by atoms with E-state index in [1.807, 2.05) is 0 Å². The first-order chi connectivity index (χ1) is 12.0. The monoisotopic (exact) mass is 362 g/mol. The van der Waals surface area contributed by atoms with Gasteiger partial charge in [-0.2, -0.15) is 0 Å². The molecule has 0 bridgehead atoms. The summed E-state index contributed by atoms with van der Waals surface area (Å²) in [6, 6.07) is 8.11. The summed E-state index contributed by atoms with van der Waals surface area (Å²) in [5, 5.41) is 10.00. The van der Waals surface area contributed by atoms with Crippen molar-refractivity contribution in [3.05, 3.63) is 52.6 Å². The topological polar surface area (TPSA) is 65.0 Å². The summed E-state index contributed by atoms with van der Waals surface area (Å²) in [6.45, 7) is 2.19. The van der Waals surface area contributed by atoms with Gasteiger partial charge in [-0.15, -0.1) is 0 Å². The van der Waals surface area contributed by atoms with E-state index in [4.69, 9.17) is 25.8 Å². The molecule has 2 aromatic rings. The van der Waals surface area contributed by atoms with Crippen molar-refractivity contribution in [1.29, 1.82) is 0 Å².